The van der Waals surface area contributed by atoms with Gasteiger partial charge in [0.2, 0.25) is 0 Å². The van der Waals surface area contributed by atoms with Crippen LogP contribution >= 0.6 is 0 Å². The molecule has 3 nitrogen and oxygen atoms in total. The number of hydrogen-bond donors (Lipinski definition) is 1. The molecule has 0 amide bonds. The maximum atomic E-state index is 14.0. The average molecular weight is 269 g/mol. The van der Waals surface area contributed by atoms with Crippen molar-refractivity contribution in [3.05, 3.63) is 23.5 Å². The van der Waals surface area contributed by atoms with Crippen LogP contribution in [0.15, 0.2) is 12.1 Å². The summed E-state index contributed by atoms with van der Waals surface area (Å²) >= 11 is 0. The fourth-order valence-corrected chi connectivity index (χ4v) is 2.13. The Morgan fingerprint density at radius 1 is 1.16 bits per heavy atom. The van der Waals surface area contributed by atoms with Crippen LogP contribution in [0.3, 0.4) is 0 Å². The van der Waals surface area contributed by atoms with Crippen molar-refractivity contribution in [1.29, 1.82) is 0 Å². The molecule has 0 aliphatic heterocycles. The van der Waals surface area contributed by atoms with E-state index in [-0.39, 0.29) is 11.2 Å². The first kappa shape index (κ1) is 15.8. The second-order valence-corrected chi connectivity index (χ2v) is 5.49. The third kappa shape index (κ3) is 4.39. The number of hydrogen-bond acceptors (Lipinski definition) is 3. The molecule has 0 aliphatic rings. The van der Waals surface area contributed by atoms with Gasteiger partial charge in [0.25, 0.3) is 0 Å². The van der Waals surface area contributed by atoms with Gasteiger partial charge in [0.15, 0.2) is 11.5 Å². The Morgan fingerprint density at radius 2 is 1.74 bits per heavy atom. The van der Waals surface area contributed by atoms with E-state index in [0.717, 1.165) is 13.0 Å². The van der Waals surface area contributed by atoms with E-state index in [4.69, 9.17) is 9.47 Å². The summed E-state index contributed by atoms with van der Waals surface area (Å²) in [5.41, 5.74) is 0.802. The molecule has 0 bridgehead atoms. The van der Waals surface area contributed by atoms with E-state index in [9.17, 15) is 4.39 Å². The minimum absolute atomic E-state index is 0.133. The maximum Gasteiger partial charge on any atom is 0.163 e. The molecule has 0 spiro atoms. The summed E-state index contributed by atoms with van der Waals surface area (Å²) in [6.45, 7) is 5.24. The van der Waals surface area contributed by atoms with E-state index in [1.165, 1.54) is 13.2 Å². The van der Waals surface area contributed by atoms with Crippen molar-refractivity contribution in [1.82, 2.24) is 5.32 Å². The zero-order valence-corrected chi connectivity index (χ0v) is 12.5. The van der Waals surface area contributed by atoms with E-state index >= 15 is 0 Å². The van der Waals surface area contributed by atoms with Gasteiger partial charge in [0, 0.05) is 6.07 Å². The van der Waals surface area contributed by atoms with Gasteiger partial charge in [-0.2, -0.15) is 0 Å². The summed E-state index contributed by atoms with van der Waals surface area (Å²) in [7, 11) is 5.00. The first-order valence-corrected chi connectivity index (χ1v) is 6.48. The molecular weight excluding hydrogens is 245 g/mol. The molecule has 1 N–H and O–H groups in total. The Hall–Kier alpha value is -1.29. The largest absolute Gasteiger partial charge is 0.493 e. The number of methoxy groups -OCH3 is 2. The number of aryl methyl sites for hydroxylation is 1. The monoisotopic (exact) mass is 269 g/mol. The Labute approximate surface area is 115 Å². The standard InChI is InChI=1S/C15H24FNO2/c1-15(2,10-17-3)7-6-11-8-13(18-4)14(19-5)9-12(11)16/h8-9,17H,6-7,10H2,1-5H3. The van der Waals surface area contributed by atoms with Crippen molar-refractivity contribution in [2.24, 2.45) is 5.41 Å². The van der Waals surface area contributed by atoms with Gasteiger partial charge in [-0.1, -0.05) is 13.8 Å². The smallest absolute Gasteiger partial charge is 0.163 e. The van der Waals surface area contributed by atoms with Crippen molar-refractivity contribution < 1.29 is 13.9 Å². The lowest BCUT2D eigenvalue weighted by Crippen LogP contribution is -2.27. The Kier molecular flexibility index (Phi) is 5.60. The summed E-state index contributed by atoms with van der Waals surface area (Å²) in [4.78, 5) is 0. The van der Waals surface area contributed by atoms with Gasteiger partial charge in [-0.15, -0.1) is 0 Å². The maximum absolute atomic E-state index is 14.0. The summed E-state index contributed by atoms with van der Waals surface area (Å²) in [5, 5.41) is 3.16. The minimum Gasteiger partial charge on any atom is -0.493 e. The number of benzene rings is 1. The lowest BCUT2D eigenvalue weighted by Gasteiger charge is -2.24. The van der Waals surface area contributed by atoms with Crippen LogP contribution < -0.4 is 14.8 Å². The molecule has 0 aliphatic carbocycles. The van der Waals surface area contributed by atoms with E-state index in [1.807, 2.05) is 7.05 Å². The Morgan fingerprint density at radius 3 is 2.26 bits per heavy atom. The second-order valence-electron chi connectivity index (χ2n) is 5.49. The van der Waals surface area contributed by atoms with Crippen LogP contribution in [0.25, 0.3) is 0 Å². The highest BCUT2D eigenvalue weighted by molar-refractivity contribution is 5.43. The third-order valence-electron chi connectivity index (χ3n) is 3.28. The van der Waals surface area contributed by atoms with Crippen molar-refractivity contribution in [2.75, 3.05) is 27.8 Å². The second kappa shape index (κ2) is 6.75. The lowest BCUT2D eigenvalue weighted by atomic mass is 9.86. The molecule has 0 unspecified atom stereocenters. The molecule has 0 aromatic heterocycles. The molecular formula is C15H24FNO2. The van der Waals surface area contributed by atoms with Crippen LogP contribution in [0, 0.1) is 11.2 Å². The van der Waals surface area contributed by atoms with Crippen LogP contribution in [0.2, 0.25) is 0 Å². The number of rotatable bonds is 7. The van der Waals surface area contributed by atoms with Gasteiger partial charge in [-0.3, -0.25) is 0 Å². The summed E-state index contributed by atoms with van der Waals surface area (Å²) in [5.74, 6) is 0.765. The van der Waals surface area contributed by atoms with E-state index < -0.39 is 0 Å². The highest BCUT2D eigenvalue weighted by Crippen LogP contribution is 2.31. The summed E-state index contributed by atoms with van der Waals surface area (Å²) < 4.78 is 24.3. The van der Waals surface area contributed by atoms with Crippen LogP contribution in [0.5, 0.6) is 11.5 Å². The summed E-state index contributed by atoms with van der Waals surface area (Å²) in [6, 6.07) is 3.11. The first-order chi connectivity index (χ1) is 8.93. The van der Waals surface area contributed by atoms with Gasteiger partial charge in [-0.25, -0.2) is 4.39 Å². The predicted octanol–water partition coefficient (Wildman–Crippen LogP) is 3.02. The minimum atomic E-state index is -0.238. The lowest BCUT2D eigenvalue weighted by molar-refractivity contribution is 0.321. The molecule has 0 saturated heterocycles. The Bertz CT molecular complexity index is 419. The molecule has 1 aromatic rings. The SMILES string of the molecule is CNCC(C)(C)CCc1cc(OC)c(OC)cc1F. The third-order valence-corrected chi connectivity index (χ3v) is 3.28. The molecule has 0 atom stereocenters. The van der Waals surface area contributed by atoms with Gasteiger partial charge >= 0.3 is 0 Å². The van der Waals surface area contributed by atoms with Crippen LogP contribution in [0.1, 0.15) is 25.8 Å². The molecule has 0 saturated carbocycles. The van der Waals surface area contributed by atoms with Crippen LogP contribution in [-0.2, 0) is 6.42 Å². The van der Waals surface area contributed by atoms with E-state index in [0.29, 0.717) is 23.5 Å². The van der Waals surface area contributed by atoms with E-state index in [2.05, 4.69) is 19.2 Å². The molecule has 0 fully saturated rings. The molecule has 4 heteroatoms. The van der Waals surface area contributed by atoms with Gasteiger partial charge in [-0.05, 0) is 43.5 Å². The number of ether oxygens (including phenoxy) is 2. The number of halogens is 1. The van der Waals surface area contributed by atoms with E-state index in [1.54, 1.807) is 13.2 Å². The van der Waals surface area contributed by atoms with Crippen molar-refractivity contribution in [2.45, 2.75) is 26.7 Å². The van der Waals surface area contributed by atoms with Gasteiger partial charge in [0.1, 0.15) is 5.82 Å². The predicted molar refractivity (Wildman–Crippen MR) is 75.5 cm³/mol. The van der Waals surface area contributed by atoms with Crippen molar-refractivity contribution in [3.8, 4) is 11.5 Å². The zero-order chi connectivity index (χ0) is 14.5. The fourth-order valence-electron chi connectivity index (χ4n) is 2.13. The normalized spacial score (nSPS) is 11.5. The van der Waals surface area contributed by atoms with Crippen LogP contribution in [0.4, 0.5) is 4.39 Å². The van der Waals surface area contributed by atoms with Crippen molar-refractivity contribution >= 4 is 0 Å². The first-order valence-electron chi connectivity index (χ1n) is 6.48. The average Bonchev–Trinajstić information content (AvgIpc) is 2.36. The fraction of sp³-hybridized carbons (Fsp3) is 0.600. The molecule has 1 rings (SSSR count). The van der Waals surface area contributed by atoms with Gasteiger partial charge < -0.3 is 14.8 Å². The van der Waals surface area contributed by atoms with Crippen LogP contribution in [-0.4, -0.2) is 27.8 Å². The topological polar surface area (TPSA) is 30.5 Å². The quantitative estimate of drug-likeness (QED) is 0.825. The van der Waals surface area contributed by atoms with Gasteiger partial charge in [0.05, 0.1) is 14.2 Å². The number of nitrogens with one attached hydrogen (secondary N) is 1. The summed E-state index contributed by atoms with van der Waals surface area (Å²) in [6.07, 6.45) is 1.58. The molecule has 0 radical (unpaired) electrons. The van der Waals surface area contributed by atoms with Crippen molar-refractivity contribution in [3.63, 3.8) is 0 Å². The highest BCUT2D eigenvalue weighted by Gasteiger charge is 2.18. The molecule has 1 aromatic carbocycles. The molecule has 19 heavy (non-hydrogen) atoms. The molecule has 108 valence electrons. The Balaban J connectivity index is 2.84. The zero-order valence-electron chi connectivity index (χ0n) is 12.5. The highest BCUT2D eigenvalue weighted by atomic mass is 19.1. The molecule has 0 heterocycles.